The van der Waals surface area contributed by atoms with E-state index in [0.717, 1.165) is 60.7 Å². The highest BCUT2D eigenvalue weighted by atomic mass is 16.5. The molecule has 3 rings (SSSR count). The molecule has 0 radical (unpaired) electrons. The number of rotatable bonds is 10. The van der Waals surface area contributed by atoms with Crippen LogP contribution in [0, 0.1) is 13.8 Å². The number of hydrogen-bond donors (Lipinski definition) is 2. The van der Waals surface area contributed by atoms with Crippen LogP contribution in [-0.4, -0.2) is 71.1 Å². The number of furan rings is 1. The maximum Gasteiger partial charge on any atom is 0.191 e. The normalized spacial score (nSPS) is 16.1. The molecule has 0 amide bonds. The number of aliphatic imine (C=N–C) groups is 1. The minimum absolute atomic E-state index is 0.110. The predicted molar refractivity (Wildman–Crippen MR) is 125 cm³/mol. The van der Waals surface area contributed by atoms with Crippen molar-refractivity contribution < 1.29 is 18.6 Å². The van der Waals surface area contributed by atoms with Gasteiger partial charge in [0.1, 0.15) is 23.9 Å². The summed E-state index contributed by atoms with van der Waals surface area (Å²) in [5.41, 5.74) is 2.23. The van der Waals surface area contributed by atoms with Gasteiger partial charge in [-0.05, 0) is 37.6 Å². The highest BCUT2D eigenvalue weighted by molar-refractivity contribution is 5.79. The van der Waals surface area contributed by atoms with Crippen LogP contribution in [0.4, 0.5) is 0 Å². The molecule has 32 heavy (non-hydrogen) atoms. The highest BCUT2D eigenvalue weighted by Crippen LogP contribution is 2.23. The number of benzene rings is 1. The van der Waals surface area contributed by atoms with Crippen molar-refractivity contribution in [3.63, 3.8) is 0 Å². The van der Waals surface area contributed by atoms with Crippen molar-refractivity contribution >= 4 is 5.96 Å². The van der Waals surface area contributed by atoms with E-state index in [2.05, 4.69) is 51.7 Å². The van der Waals surface area contributed by atoms with Crippen LogP contribution in [0.3, 0.4) is 0 Å². The minimum atomic E-state index is 0.110. The van der Waals surface area contributed by atoms with Crippen LogP contribution in [0.5, 0.6) is 5.75 Å². The molecule has 8 nitrogen and oxygen atoms in total. The maximum atomic E-state index is 5.96. The Kier molecular flexibility index (Phi) is 9.40. The monoisotopic (exact) mass is 444 g/mol. The second kappa shape index (κ2) is 12.5. The van der Waals surface area contributed by atoms with Crippen molar-refractivity contribution in [2.75, 3.05) is 60.2 Å². The zero-order valence-electron chi connectivity index (χ0n) is 19.6. The largest absolute Gasteiger partial charge is 0.491 e. The van der Waals surface area contributed by atoms with Crippen LogP contribution in [0.2, 0.25) is 0 Å². The van der Waals surface area contributed by atoms with Gasteiger partial charge >= 0.3 is 0 Å². The molecule has 0 bridgehead atoms. The number of nitrogens with zero attached hydrogens (tertiary/aromatic N) is 2. The molecule has 0 aliphatic carbocycles. The Hall–Kier alpha value is -2.55. The van der Waals surface area contributed by atoms with E-state index in [1.807, 2.05) is 13.0 Å². The minimum Gasteiger partial charge on any atom is -0.491 e. The predicted octanol–water partition coefficient (Wildman–Crippen LogP) is 2.66. The zero-order chi connectivity index (χ0) is 22.8. The van der Waals surface area contributed by atoms with E-state index in [1.54, 1.807) is 14.2 Å². The van der Waals surface area contributed by atoms with Crippen molar-refractivity contribution in [3.8, 4) is 5.75 Å². The quantitative estimate of drug-likeness (QED) is 0.331. The third kappa shape index (κ3) is 6.98. The van der Waals surface area contributed by atoms with Crippen molar-refractivity contribution in [3.05, 3.63) is 53.0 Å². The summed E-state index contributed by atoms with van der Waals surface area (Å²) in [5.74, 6) is 3.47. The number of morpholine rings is 1. The SMILES string of the molecule is CN=C(NCc1ccc(C)cc1OCCOC)NCC(c1ccc(C)o1)N1CCOCC1. The van der Waals surface area contributed by atoms with Crippen LogP contribution in [0.25, 0.3) is 0 Å². The molecule has 2 N–H and O–H groups in total. The second-order valence-corrected chi connectivity index (χ2v) is 7.87. The lowest BCUT2D eigenvalue weighted by Gasteiger charge is -2.33. The molecule has 1 aromatic carbocycles. The number of nitrogens with one attached hydrogen (secondary N) is 2. The van der Waals surface area contributed by atoms with Gasteiger partial charge in [0.05, 0.1) is 25.9 Å². The smallest absolute Gasteiger partial charge is 0.191 e. The van der Waals surface area contributed by atoms with Gasteiger partial charge in [-0.1, -0.05) is 12.1 Å². The summed E-state index contributed by atoms with van der Waals surface area (Å²) in [7, 11) is 3.45. The lowest BCUT2D eigenvalue weighted by atomic mass is 10.1. The Labute approximate surface area is 190 Å². The average molecular weight is 445 g/mol. The first kappa shape index (κ1) is 24.1. The molecule has 176 valence electrons. The Morgan fingerprint density at radius 1 is 1.12 bits per heavy atom. The lowest BCUT2D eigenvalue weighted by Crippen LogP contribution is -2.46. The number of hydrogen-bond acceptors (Lipinski definition) is 6. The third-order valence-electron chi connectivity index (χ3n) is 5.48. The van der Waals surface area contributed by atoms with Gasteiger partial charge in [0.25, 0.3) is 0 Å². The van der Waals surface area contributed by atoms with Gasteiger partial charge in [0, 0.05) is 45.9 Å². The number of ether oxygens (including phenoxy) is 3. The molecule has 1 aliphatic heterocycles. The first-order valence-corrected chi connectivity index (χ1v) is 11.1. The van der Waals surface area contributed by atoms with Gasteiger partial charge in [-0.25, -0.2) is 0 Å². The molecule has 1 aliphatic rings. The third-order valence-corrected chi connectivity index (χ3v) is 5.48. The highest BCUT2D eigenvalue weighted by Gasteiger charge is 2.25. The van der Waals surface area contributed by atoms with Crippen LogP contribution < -0.4 is 15.4 Å². The van der Waals surface area contributed by atoms with E-state index in [-0.39, 0.29) is 6.04 Å². The summed E-state index contributed by atoms with van der Waals surface area (Å²) < 4.78 is 22.5. The molecule has 1 atom stereocenters. The molecule has 1 unspecified atom stereocenters. The first-order valence-electron chi connectivity index (χ1n) is 11.1. The summed E-state index contributed by atoms with van der Waals surface area (Å²) >= 11 is 0. The lowest BCUT2D eigenvalue weighted by molar-refractivity contribution is 0.0124. The molecule has 8 heteroatoms. The Balaban J connectivity index is 1.61. The summed E-state index contributed by atoms with van der Waals surface area (Å²) in [6.07, 6.45) is 0. The summed E-state index contributed by atoms with van der Waals surface area (Å²) in [6, 6.07) is 10.4. The zero-order valence-corrected chi connectivity index (χ0v) is 19.6. The van der Waals surface area contributed by atoms with Gasteiger partial charge in [-0.15, -0.1) is 0 Å². The Morgan fingerprint density at radius 3 is 2.62 bits per heavy atom. The van der Waals surface area contributed by atoms with Crippen molar-refractivity contribution in [2.24, 2.45) is 4.99 Å². The molecule has 2 aromatic rings. The van der Waals surface area contributed by atoms with Gasteiger partial charge in [-0.3, -0.25) is 9.89 Å². The number of aryl methyl sites for hydroxylation is 2. The first-order chi connectivity index (χ1) is 15.6. The number of methoxy groups -OCH3 is 1. The molecular formula is C24H36N4O4. The Bertz CT molecular complexity index is 861. The van der Waals surface area contributed by atoms with Crippen molar-refractivity contribution in [1.82, 2.24) is 15.5 Å². The molecule has 0 saturated carbocycles. The number of guanidine groups is 1. The van der Waals surface area contributed by atoms with E-state index in [4.69, 9.17) is 18.6 Å². The summed E-state index contributed by atoms with van der Waals surface area (Å²) in [6.45, 7) is 9.62. The fraction of sp³-hybridized carbons (Fsp3) is 0.542. The van der Waals surface area contributed by atoms with Crippen LogP contribution >= 0.6 is 0 Å². The van der Waals surface area contributed by atoms with Crippen LogP contribution in [0.1, 0.15) is 28.7 Å². The molecule has 2 heterocycles. The fourth-order valence-corrected chi connectivity index (χ4v) is 3.70. The van der Waals surface area contributed by atoms with Gasteiger partial charge in [0.15, 0.2) is 5.96 Å². The van der Waals surface area contributed by atoms with E-state index in [9.17, 15) is 0 Å². The molecule has 0 spiro atoms. The van der Waals surface area contributed by atoms with Crippen LogP contribution in [-0.2, 0) is 16.0 Å². The molecule has 1 fully saturated rings. The standard InChI is InChI=1S/C24H36N4O4/c1-18-5-7-20(23(15-18)31-14-13-29-4)16-26-24(25-3)27-17-21(22-8-6-19(2)32-22)28-9-11-30-12-10-28/h5-8,15,21H,9-14,16-17H2,1-4H3,(H2,25,26,27). The molecular weight excluding hydrogens is 408 g/mol. The van der Waals surface area contributed by atoms with E-state index >= 15 is 0 Å². The van der Waals surface area contributed by atoms with Crippen molar-refractivity contribution in [1.29, 1.82) is 0 Å². The van der Waals surface area contributed by atoms with Crippen molar-refractivity contribution in [2.45, 2.75) is 26.4 Å². The van der Waals surface area contributed by atoms with Gasteiger partial charge < -0.3 is 29.3 Å². The van der Waals surface area contributed by atoms with E-state index in [1.165, 1.54) is 0 Å². The van der Waals surface area contributed by atoms with E-state index < -0.39 is 0 Å². The second-order valence-electron chi connectivity index (χ2n) is 7.87. The fourth-order valence-electron chi connectivity index (χ4n) is 3.70. The average Bonchev–Trinajstić information content (AvgIpc) is 3.23. The molecule has 1 aromatic heterocycles. The summed E-state index contributed by atoms with van der Waals surface area (Å²) in [4.78, 5) is 6.79. The Morgan fingerprint density at radius 2 is 1.94 bits per heavy atom. The van der Waals surface area contributed by atoms with E-state index in [0.29, 0.717) is 26.3 Å². The topological polar surface area (TPSA) is 80.5 Å². The van der Waals surface area contributed by atoms with Crippen LogP contribution in [0.15, 0.2) is 39.7 Å². The van der Waals surface area contributed by atoms with Gasteiger partial charge in [0.2, 0.25) is 0 Å². The maximum absolute atomic E-state index is 5.96. The van der Waals surface area contributed by atoms with Gasteiger partial charge in [-0.2, -0.15) is 0 Å². The molecule has 1 saturated heterocycles. The summed E-state index contributed by atoms with van der Waals surface area (Å²) in [5, 5.41) is 6.87.